The highest BCUT2D eigenvalue weighted by molar-refractivity contribution is 5.79. The molecule has 0 saturated heterocycles. The summed E-state index contributed by atoms with van der Waals surface area (Å²) in [5.74, 6) is -1.99. The lowest BCUT2D eigenvalue weighted by molar-refractivity contribution is -0.165. The Morgan fingerprint density at radius 1 is 1.00 bits per heavy atom. The van der Waals surface area contributed by atoms with Gasteiger partial charge in [0.15, 0.2) is 0 Å². The molecule has 0 aliphatic heterocycles. The molecule has 2 amide bonds. The van der Waals surface area contributed by atoms with Crippen molar-refractivity contribution < 1.29 is 33.8 Å². The normalized spacial score (nSPS) is 14.1. The fourth-order valence-corrected chi connectivity index (χ4v) is 3.93. The van der Waals surface area contributed by atoms with Gasteiger partial charge in [-0.15, -0.1) is 0 Å². The highest BCUT2D eigenvalue weighted by atomic mass is 16.7. The van der Waals surface area contributed by atoms with E-state index in [0.29, 0.717) is 0 Å². The number of carbonyl (C=O) groups is 3. The summed E-state index contributed by atoms with van der Waals surface area (Å²) < 4.78 is 10.3. The number of rotatable bonds is 11. The van der Waals surface area contributed by atoms with Crippen LogP contribution in [0.3, 0.4) is 0 Å². The number of hydrogen-bond donors (Lipinski definition) is 3. The molecule has 182 valence electrons. The van der Waals surface area contributed by atoms with Crippen LogP contribution in [0.1, 0.15) is 37.3 Å². The number of alkyl carbamates (subject to hydrolysis) is 1. The molecular weight excluding hydrogens is 440 g/mol. The average Bonchev–Trinajstić information content (AvgIpc) is 3.13. The second kappa shape index (κ2) is 11.6. The van der Waals surface area contributed by atoms with Crippen molar-refractivity contribution in [1.29, 1.82) is 0 Å². The van der Waals surface area contributed by atoms with Gasteiger partial charge in [0.25, 0.3) is 0 Å². The highest BCUT2D eigenvalue weighted by Crippen LogP contribution is 2.44. The summed E-state index contributed by atoms with van der Waals surface area (Å²) in [4.78, 5) is 40.8. The van der Waals surface area contributed by atoms with E-state index >= 15 is 0 Å². The Hall–Kier alpha value is -3.43. The van der Waals surface area contributed by atoms with Crippen molar-refractivity contribution in [2.75, 3.05) is 20.3 Å². The van der Waals surface area contributed by atoms with Crippen LogP contribution in [0, 0.1) is 5.92 Å². The number of aliphatic carboxylic acids is 1. The molecule has 2 aromatic rings. The summed E-state index contributed by atoms with van der Waals surface area (Å²) in [5, 5.41) is 11.8. The van der Waals surface area contributed by atoms with Crippen LogP contribution < -0.4 is 10.8 Å². The van der Waals surface area contributed by atoms with Crippen molar-refractivity contribution in [3.8, 4) is 11.1 Å². The number of fused-ring (bicyclic) bond motifs is 3. The maximum Gasteiger partial charge on any atom is 0.407 e. The second-order valence-electron chi connectivity index (χ2n) is 8.45. The van der Waals surface area contributed by atoms with E-state index in [1.165, 1.54) is 7.11 Å². The molecule has 3 rings (SSSR count). The van der Waals surface area contributed by atoms with Gasteiger partial charge in [0.1, 0.15) is 6.61 Å². The number of carboxylic acid groups (broad SMARTS) is 1. The first kappa shape index (κ1) is 25.2. The van der Waals surface area contributed by atoms with Gasteiger partial charge in [0.2, 0.25) is 12.0 Å². The SMILES string of the molecule is COCC(ONC(=O)C[C@H](NC(=O)OCC1c2ccccc2-c2ccccc21)C(C)C)C(=O)O. The molecule has 9 heteroatoms. The van der Waals surface area contributed by atoms with Crippen molar-refractivity contribution in [2.45, 2.75) is 38.3 Å². The summed E-state index contributed by atoms with van der Waals surface area (Å²) in [6.07, 6.45) is -2.07. The molecule has 1 unspecified atom stereocenters. The van der Waals surface area contributed by atoms with E-state index in [4.69, 9.17) is 19.4 Å². The van der Waals surface area contributed by atoms with Gasteiger partial charge in [-0.3, -0.25) is 9.63 Å². The van der Waals surface area contributed by atoms with Crippen LogP contribution in [0.2, 0.25) is 0 Å². The van der Waals surface area contributed by atoms with Gasteiger partial charge in [0, 0.05) is 25.5 Å². The minimum Gasteiger partial charge on any atom is -0.479 e. The predicted molar refractivity (Wildman–Crippen MR) is 124 cm³/mol. The fourth-order valence-electron chi connectivity index (χ4n) is 3.93. The zero-order valence-electron chi connectivity index (χ0n) is 19.4. The molecule has 2 aromatic carbocycles. The summed E-state index contributed by atoms with van der Waals surface area (Å²) >= 11 is 0. The van der Waals surface area contributed by atoms with E-state index in [9.17, 15) is 14.4 Å². The average molecular weight is 471 g/mol. The Morgan fingerprint density at radius 3 is 2.12 bits per heavy atom. The Kier molecular flexibility index (Phi) is 8.61. The highest BCUT2D eigenvalue weighted by Gasteiger charge is 2.30. The molecule has 0 fully saturated rings. The van der Waals surface area contributed by atoms with Crippen molar-refractivity contribution >= 4 is 18.0 Å². The maximum absolute atomic E-state index is 12.6. The molecule has 9 nitrogen and oxygen atoms in total. The van der Waals surface area contributed by atoms with E-state index < -0.39 is 30.1 Å². The molecular formula is C25H30N2O7. The number of carboxylic acids is 1. The van der Waals surface area contributed by atoms with E-state index in [0.717, 1.165) is 22.3 Å². The largest absolute Gasteiger partial charge is 0.479 e. The number of hydrogen-bond acceptors (Lipinski definition) is 6. The van der Waals surface area contributed by atoms with Crippen LogP contribution in [0.5, 0.6) is 0 Å². The molecule has 1 aliphatic carbocycles. The standard InChI is InChI=1S/C25H30N2O7/c1-15(2)21(12-23(28)27-34-22(14-32-3)24(29)30)26-25(31)33-13-20-18-10-6-4-8-16(18)17-9-5-7-11-19(17)20/h4-11,15,20-22H,12-14H2,1-3H3,(H,26,31)(H,27,28)(H,29,30)/t21-,22?/m0/s1. The van der Waals surface area contributed by atoms with Gasteiger partial charge < -0.3 is 19.9 Å². The van der Waals surface area contributed by atoms with Crippen LogP contribution in [-0.2, 0) is 23.9 Å². The molecule has 0 saturated carbocycles. The first-order valence-electron chi connectivity index (χ1n) is 11.1. The summed E-state index contributed by atoms with van der Waals surface area (Å²) in [5.41, 5.74) is 6.60. The molecule has 1 aliphatic rings. The van der Waals surface area contributed by atoms with Crippen LogP contribution in [0.4, 0.5) is 4.79 Å². The Labute approximate surface area is 198 Å². The smallest absolute Gasteiger partial charge is 0.407 e. The Bertz CT molecular complexity index is 978. The number of nitrogens with one attached hydrogen (secondary N) is 2. The third kappa shape index (κ3) is 6.12. The molecule has 0 aromatic heterocycles. The number of hydroxylamine groups is 1. The maximum atomic E-state index is 12.6. The van der Waals surface area contributed by atoms with E-state index in [1.807, 2.05) is 50.2 Å². The van der Waals surface area contributed by atoms with Crippen molar-refractivity contribution in [3.05, 3.63) is 59.7 Å². The summed E-state index contributed by atoms with van der Waals surface area (Å²) in [6.45, 7) is 3.65. The molecule has 0 heterocycles. The monoisotopic (exact) mass is 470 g/mol. The minimum atomic E-state index is -1.33. The lowest BCUT2D eigenvalue weighted by Gasteiger charge is -2.23. The van der Waals surface area contributed by atoms with Crippen LogP contribution in [0.15, 0.2) is 48.5 Å². The van der Waals surface area contributed by atoms with Gasteiger partial charge in [-0.2, -0.15) is 0 Å². The minimum absolute atomic E-state index is 0.0684. The van der Waals surface area contributed by atoms with Crippen molar-refractivity contribution in [1.82, 2.24) is 10.8 Å². The molecule has 0 bridgehead atoms. The summed E-state index contributed by atoms with van der Waals surface area (Å²) in [6, 6.07) is 15.6. The molecule has 0 spiro atoms. The number of amides is 2. The molecule has 2 atom stereocenters. The number of carbonyl (C=O) groups excluding carboxylic acids is 2. The van der Waals surface area contributed by atoms with Crippen molar-refractivity contribution in [2.24, 2.45) is 5.92 Å². The van der Waals surface area contributed by atoms with Crippen LogP contribution in [0.25, 0.3) is 11.1 Å². The van der Waals surface area contributed by atoms with Crippen LogP contribution in [-0.4, -0.2) is 55.5 Å². The Morgan fingerprint density at radius 2 is 1.59 bits per heavy atom. The quantitative estimate of drug-likeness (QED) is 0.431. The van der Waals surface area contributed by atoms with Gasteiger partial charge in [-0.05, 0) is 28.2 Å². The van der Waals surface area contributed by atoms with Gasteiger partial charge >= 0.3 is 12.1 Å². The Balaban J connectivity index is 1.55. The first-order valence-corrected chi connectivity index (χ1v) is 11.1. The predicted octanol–water partition coefficient (Wildman–Crippen LogP) is 3.09. The van der Waals surface area contributed by atoms with Crippen LogP contribution >= 0.6 is 0 Å². The second-order valence-corrected chi connectivity index (χ2v) is 8.45. The summed E-state index contributed by atoms with van der Waals surface area (Å²) in [7, 11) is 1.33. The lowest BCUT2D eigenvalue weighted by atomic mass is 9.98. The zero-order chi connectivity index (χ0) is 24.7. The first-order chi connectivity index (χ1) is 16.3. The molecule has 0 radical (unpaired) electrons. The van der Waals surface area contributed by atoms with E-state index in [-0.39, 0.29) is 31.5 Å². The molecule has 34 heavy (non-hydrogen) atoms. The fraction of sp³-hybridized carbons (Fsp3) is 0.400. The van der Waals surface area contributed by atoms with Crippen molar-refractivity contribution in [3.63, 3.8) is 0 Å². The number of methoxy groups -OCH3 is 1. The van der Waals surface area contributed by atoms with Gasteiger partial charge in [-0.25, -0.2) is 15.1 Å². The zero-order valence-corrected chi connectivity index (χ0v) is 19.4. The molecule has 3 N–H and O–H groups in total. The van der Waals surface area contributed by atoms with E-state index in [2.05, 4.69) is 22.9 Å². The van der Waals surface area contributed by atoms with E-state index in [1.54, 1.807) is 0 Å². The lowest BCUT2D eigenvalue weighted by Crippen LogP contribution is -2.44. The number of benzene rings is 2. The number of ether oxygens (including phenoxy) is 2. The third-order valence-corrected chi connectivity index (χ3v) is 5.77. The van der Waals surface area contributed by atoms with Gasteiger partial charge in [-0.1, -0.05) is 62.4 Å². The third-order valence-electron chi connectivity index (χ3n) is 5.77. The topological polar surface area (TPSA) is 123 Å². The van der Waals surface area contributed by atoms with Gasteiger partial charge in [0.05, 0.1) is 6.61 Å².